The highest BCUT2D eigenvalue weighted by Crippen LogP contribution is 2.28. The highest BCUT2D eigenvalue weighted by atomic mass is 35.5. The van der Waals surface area contributed by atoms with E-state index in [0.29, 0.717) is 24.8 Å². The van der Waals surface area contributed by atoms with Crippen LogP contribution in [0.1, 0.15) is 22.1 Å². The average Bonchev–Trinajstić information content (AvgIpc) is 3.06. The minimum Gasteiger partial charge on any atom is -0.379 e. The van der Waals surface area contributed by atoms with Gasteiger partial charge in [-0.05, 0) is 17.7 Å². The van der Waals surface area contributed by atoms with Crippen LogP contribution in [0, 0.1) is 0 Å². The summed E-state index contributed by atoms with van der Waals surface area (Å²) in [6.07, 6.45) is 1.32. The van der Waals surface area contributed by atoms with Crippen molar-refractivity contribution >= 4 is 27.5 Å². The second kappa shape index (κ2) is 8.62. The standard InChI is InChI=1S/C18H23ClN4O4S/c1-22-12-13(28(20,25)26)10-16(22)18(24)21-11-17(23-6-8-27-9-7-23)14-4-2-3-5-15(14)19/h2-5,10,12,17H,6-9,11H2,1H3,(H,21,24)(H2,20,25,26). The van der Waals surface area contributed by atoms with Crippen molar-refractivity contribution in [1.29, 1.82) is 0 Å². The van der Waals surface area contributed by atoms with Crippen LogP contribution in [0.2, 0.25) is 5.02 Å². The number of benzene rings is 1. The lowest BCUT2D eigenvalue weighted by Crippen LogP contribution is -2.44. The smallest absolute Gasteiger partial charge is 0.268 e. The maximum absolute atomic E-state index is 12.7. The first-order valence-corrected chi connectivity index (χ1v) is 10.7. The molecule has 1 aliphatic heterocycles. The van der Waals surface area contributed by atoms with Crippen molar-refractivity contribution in [3.05, 3.63) is 52.8 Å². The molecule has 10 heteroatoms. The van der Waals surface area contributed by atoms with Gasteiger partial charge in [0.1, 0.15) is 10.6 Å². The summed E-state index contributed by atoms with van der Waals surface area (Å²) in [4.78, 5) is 14.8. The topological polar surface area (TPSA) is 107 Å². The number of aryl methyl sites for hydroxylation is 1. The minimum atomic E-state index is -3.88. The highest BCUT2D eigenvalue weighted by molar-refractivity contribution is 7.89. The molecule has 1 unspecified atom stereocenters. The van der Waals surface area contributed by atoms with Gasteiger partial charge >= 0.3 is 0 Å². The Labute approximate surface area is 169 Å². The Bertz CT molecular complexity index is 954. The zero-order chi connectivity index (χ0) is 20.3. The van der Waals surface area contributed by atoms with Crippen LogP contribution < -0.4 is 10.5 Å². The van der Waals surface area contributed by atoms with Crippen LogP contribution in [-0.4, -0.2) is 56.6 Å². The molecule has 1 aliphatic rings. The number of carbonyl (C=O) groups excluding carboxylic acids is 1. The zero-order valence-electron chi connectivity index (χ0n) is 15.5. The van der Waals surface area contributed by atoms with E-state index in [1.165, 1.54) is 16.8 Å². The summed E-state index contributed by atoms with van der Waals surface area (Å²) in [5, 5.41) is 8.66. The summed E-state index contributed by atoms with van der Waals surface area (Å²) >= 11 is 6.39. The number of ether oxygens (including phenoxy) is 1. The first-order chi connectivity index (χ1) is 13.3. The Morgan fingerprint density at radius 1 is 1.32 bits per heavy atom. The third-order valence-corrected chi connectivity index (χ3v) is 5.97. The number of halogens is 1. The maximum atomic E-state index is 12.7. The number of rotatable bonds is 6. The van der Waals surface area contributed by atoms with Crippen LogP contribution in [0.3, 0.4) is 0 Å². The van der Waals surface area contributed by atoms with Crippen LogP contribution in [0.5, 0.6) is 0 Å². The van der Waals surface area contributed by atoms with Crippen LogP contribution in [0.4, 0.5) is 0 Å². The van der Waals surface area contributed by atoms with Crippen molar-refractivity contribution in [2.75, 3.05) is 32.8 Å². The van der Waals surface area contributed by atoms with Crippen LogP contribution in [-0.2, 0) is 21.8 Å². The van der Waals surface area contributed by atoms with Gasteiger partial charge in [0.05, 0.1) is 19.3 Å². The Hall–Kier alpha value is -1.91. The van der Waals surface area contributed by atoms with Crippen LogP contribution in [0.25, 0.3) is 0 Å². The lowest BCUT2D eigenvalue weighted by molar-refractivity contribution is 0.0162. The summed E-state index contributed by atoms with van der Waals surface area (Å²) in [5.41, 5.74) is 1.13. The highest BCUT2D eigenvalue weighted by Gasteiger charge is 2.26. The van der Waals surface area contributed by atoms with Crippen molar-refractivity contribution in [1.82, 2.24) is 14.8 Å². The Balaban J connectivity index is 1.79. The fourth-order valence-electron chi connectivity index (χ4n) is 3.27. The molecule has 0 aliphatic carbocycles. The number of carbonyl (C=O) groups is 1. The number of nitrogens with one attached hydrogen (secondary N) is 1. The molecule has 1 aromatic carbocycles. The Kier molecular flexibility index (Phi) is 6.41. The van der Waals surface area contributed by atoms with Crippen LogP contribution in [0.15, 0.2) is 41.4 Å². The normalized spacial score (nSPS) is 16.7. The first-order valence-electron chi connectivity index (χ1n) is 8.81. The molecule has 1 fully saturated rings. The van der Waals surface area contributed by atoms with E-state index in [0.717, 1.165) is 18.7 Å². The zero-order valence-corrected chi connectivity index (χ0v) is 17.0. The van der Waals surface area contributed by atoms with Crippen molar-refractivity contribution in [2.24, 2.45) is 12.2 Å². The number of aromatic nitrogens is 1. The van der Waals surface area contributed by atoms with Crippen LogP contribution >= 0.6 is 11.6 Å². The molecule has 2 aromatic rings. The second-order valence-corrected chi connectivity index (χ2v) is 8.58. The molecule has 1 atom stereocenters. The van der Waals surface area contributed by atoms with Gasteiger partial charge in [0, 0.05) is 37.9 Å². The fraction of sp³-hybridized carbons (Fsp3) is 0.389. The summed E-state index contributed by atoms with van der Waals surface area (Å²) in [7, 11) is -2.28. The number of morpholine rings is 1. The van der Waals surface area contributed by atoms with Gasteiger partial charge in [-0.1, -0.05) is 29.8 Å². The average molecular weight is 427 g/mol. The molecule has 152 valence electrons. The molecule has 1 aromatic heterocycles. The predicted octanol–water partition coefficient (Wildman–Crippen LogP) is 1.13. The van der Waals surface area contributed by atoms with Gasteiger partial charge in [-0.25, -0.2) is 13.6 Å². The number of primary sulfonamides is 1. The Morgan fingerprint density at radius 2 is 2.00 bits per heavy atom. The molecule has 0 saturated carbocycles. The van der Waals surface area contributed by atoms with Gasteiger partial charge in [0.15, 0.2) is 0 Å². The van der Waals surface area contributed by atoms with Crippen molar-refractivity contribution < 1.29 is 17.9 Å². The quantitative estimate of drug-likeness (QED) is 0.720. The van der Waals surface area contributed by atoms with Gasteiger partial charge in [0.2, 0.25) is 10.0 Å². The number of nitrogens with two attached hydrogens (primary N) is 1. The van der Waals surface area contributed by atoms with Gasteiger partial charge < -0.3 is 14.6 Å². The number of amides is 1. The molecule has 1 amide bonds. The Morgan fingerprint density at radius 3 is 2.61 bits per heavy atom. The van der Waals surface area contributed by atoms with Crippen molar-refractivity contribution in [2.45, 2.75) is 10.9 Å². The van der Waals surface area contributed by atoms with Gasteiger partial charge in [-0.3, -0.25) is 9.69 Å². The number of sulfonamides is 1. The SMILES string of the molecule is Cn1cc(S(N)(=O)=O)cc1C(=O)NCC(c1ccccc1Cl)N1CCOCC1. The summed E-state index contributed by atoms with van der Waals surface area (Å²) in [6, 6.07) is 8.67. The molecule has 2 heterocycles. The lowest BCUT2D eigenvalue weighted by atomic mass is 10.0. The van der Waals surface area contributed by atoms with E-state index in [-0.39, 0.29) is 22.5 Å². The number of hydrogen-bond acceptors (Lipinski definition) is 5. The molecule has 28 heavy (non-hydrogen) atoms. The van der Waals surface area contributed by atoms with E-state index in [2.05, 4.69) is 10.2 Å². The van der Waals surface area contributed by atoms with Gasteiger partial charge in [-0.2, -0.15) is 0 Å². The van der Waals surface area contributed by atoms with E-state index < -0.39 is 10.0 Å². The molecule has 3 rings (SSSR count). The largest absolute Gasteiger partial charge is 0.379 e. The van der Waals surface area contributed by atoms with Gasteiger partial charge in [0.25, 0.3) is 5.91 Å². The lowest BCUT2D eigenvalue weighted by Gasteiger charge is -2.35. The number of hydrogen-bond donors (Lipinski definition) is 2. The third kappa shape index (κ3) is 4.73. The first kappa shape index (κ1) is 20.8. The fourth-order valence-corrected chi connectivity index (χ4v) is 4.11. The van der Waals surface area contributed by atoms with E-state index in [1.807, 2.05) is 24.3 Å². The molecule has 0 spiro atoms. The van der Waals surface area contributed by atoms with Crippen molar-refractivity contribution in [3.8, 4) is 0 Å². The van der Waals surface area contributed by atoms with Crippen molar-refractivity contribution in [3.63, 3.8) is 0 Å². The minimum absolute atomic E-state index is 0.101. The molecule has 8 nitrogen and oxygen atoms in total. The molecule has 3 N–H and O–H groups in total. The van der Waals surface area contributed by atoms with E-state index in [4.69, 9.17) is 21.5 Å². The summed E-state index contributed by atoms with van der Waals surface area (Å²) in [6.45, 7) is 3.00. The van der Waals surface area contributed by atoms with E-state index >= 15 is 0 Å². The summed E-state index contributed by atoms with van der Waals surface area (Å²) < 4.78 is 29.9. The van der Waals surface area contributed by atoms with Gasteiger partial charge in [-0.15, -0.1) is 0 Å². The van der Waals surface area contributed by atoms with E-state index in [9.17, 15) is 13.2 Å². The molecule has 0 bridgehead atoms. The maximum Gasteiger partial charge on any atom is 0.268 e. The number of nitrogens with zero attached hydrogens (tertiary/aromatic N) is 2. The molecular formula is C18H23ClN4O4S. The predicted molar refractivity (Wildman–Crippen MR) is 106 cm³/mol. The molecule has 0 radical (unpaired) electrons. The molecular weight excluding hydrogens is 404 g/mol. The molecule has 1 saturated heterocycles. The van der Waals surface area contributed by atoms with E-state index in [1.54, 1.807) is 7.05 Å². The second-order valence-electron chi connectivity index (χ2n) is 6.61. The summed E-state index contributed by atoms with van der Waals surface area (Å²) in [5.74, 6) is -0.386. The third-order valence-electron chi connectivity index (χ3n) is 4.75. The monoisotopic (exact) mass is 426 g/mol.